The molecule has 0 radical (unpaired) electrons. The van der Waals surface area contributed by atoms with E-state index in [0.717, 1.165) is 25.7 Å². The number of ether oxygens (including phenoxy) is 2. The molecule has 1 heterocycles. The molecule has 2 aliphatic rings. The van der Waals surface area contributed by atoms with Crippen molar-refractivity contribution in [3.05, 3.63) is 0 Å². The molecule has 0 aromatic rings. The highest BCUT2D eigenvalue weighted by Crippen LogP contribution is 2.39. The quantitative estimate of drug-likeness (QED) is 0.869. The summed E-state index contributed by atoms with van der Waals surface area (Å²) in [5.41, 5.74) is 0. The first-order chi connectivity index (χ1) is 9.28. The molecule has 2 fully saturated rings. The normalized spacial score (nSPS) is 34.4. The van der Waals surface area contributed by atoms with E-state index in [9.17, 15) is 18.0 Å². The van der Waals surface area contributed by atoms with Gasteiger partial charge in [-0.2, -0.15) is 13.2 Å². The minimum atomic E-state index is -4.47. The average molecular weight is 295 g/mol. The Morgan fingerprint density at radius 3 is 2.60 bits per heavy atom. The molecule has 1 amide bonds. The predicted molar refractivity (Wildman–Crippen MR) is 64.9 cm³/mol. The van der Waals surface area contributed by atoms with Gasteiger partial charge in [0.1, 0.15) is 12.5 Å². The van der Waals surface area contributed by atoms with E-state index >= 15 is 0 Å². The Labute approximate surface area is 116 Å². The van der Waals surface area contributed by atoms with Gasteiger partial charge in [-0.3, -0.25) is 4.79 Å². The monoisotopic (exact) mass is 295 g/mol. The molecule has 0 bridgehead atoms. The summed E-state index contributed by atoms with van der Waals surface area (Å²) in [6, 6.07) is 0. The second-order valence-electron chi connectivity index (χ2n) is 5.74. The Bertz CT molecular complexity index is 351. The number of hydrogen-bond donors (Lipinski definition) is 1. The number of carbonyl (C=O) groups is 1. The van der Waals surface area contributed by atoms with Gasteiger partial charge in [-0.1, -0.05) is 6.92 Å². The van der Waals surface area contributed by atoms with Gasteiger partial charge >= 0.3 is 6.18 Å². The van der Waals surface area contributed by atoms with Gasteiger partial charge in [0.2, 0.25) is 5.91 Å². The molecule has 1 N–H and O–H groups in total. The summed E-state index contributed by atoms with van der Waals surface area (Å²) >= 11 is 0. The van der Waals surface area contributed by atoms with E-state index in [-0.39, 0.29) is 12.6 Å². The van der Waals surface area contributed by atoms with Crippen LogP contribution in [0, 0.1) is 5.92 Å². The molecule has 4 nitrogen and oxygen atoms in total. The predicted octanol–water partition coefficient (Wildman–Crippen LogP) is 2.38. The van der Waals surface area contributed by atoms with Crippen LogP contribution in [0.2, 0.25) is 0 Å². The molecule has 1 aliphatic carbocycles. The molecule has 20 heavy (non-hydrogen) atoms. The number of nitrogens with one attached hydrogen (secondary N) is 1. The molecule has 1 spiro atoms. The standard InChI is InChI=1S/C13H20F3NO3/c1-9-2-4-12(5-3-9)19-8-10(20-12)7-17-11(18)6-13(14,15)16/h9-10H,2-8H2,1H3,(H,17,18)/t9?,10-,12?/m1/s1. The third-order valence-corrected chi connectivity index (χ3v) is 3.84. The highest BCUT2D eigenvalue weighted by Gasteiger charge is 2.43. The minimum absolute atomic E-state index is 0.0617. The SMILES string of the molecule is CC1CCC2(CC1)OC[C@@H](CNC(=O)CC(F)(F)F)O2. The molecule has 1 saturated heterocycles. The molecule has 0 unspecified atom stereocenters. The molecule has 1 saturated carbocycles. The number of amides is 1. The molecule has 116 valence electrons. The zero-order chi connectivity index (χ0) is 14.8. The number of halogens is 3. The number of alkyl halides is 3. The first-order valence-electron chi connectivity index (χ1n) is 6.93. The Morgan fingerprint density at radius 2 is 2.00 bits per heavy atom. The van der Waals surface area contributed by atoms with E-state index in [1.54, 1.807) is 0 Å². The maximum absolute atomic E-state index is 12.0. The van der Waals surface area contributed by atoms with Gasteiger partial charge < -0.3 is 14.8 Å². The van der Waals surface area contributed by atoms with Gasteiger partial charge in [-0.05, 0) is 18.8 Å². The van der Waals surface area contributed by atoms with Gasteiger partial charge in [0.05, 0.1) is 6.61 Å². The Kier molecular flexibility index (Phi) is 4.59. The van der Waals surface area contributed by atoms with E-state index in [2.05, 4.69) is 12.2 Å². The highest BCUT2D eigenvalue weighted by molar-refractivity contribution is 5.76. The van der Waals surface area contributed by atoms with E-state index in [4.69, 9.17) is 9.47 Å². The highest BCUT2D eigenvalue weighted by atomic mass is 19.4. The lowest BCUT2D eigenvalue weighted by molar-refractivity contribution is -0.191. The van der Waals surface area contributed by atoms with Crippen molar-refractivity contribution in [2.45, 2.75) is 57.1 Å². The Balaban J connectivity index is 1.72. The zero-order valence-electron chi connectivity index (χ0n) is 11.5. The second-order valence-corrected chi connectivity index (χ2v) is 5.74. The first kappa shape index (κ1) is 15.6. The molecule has 0 aromatic heterocycles. The van der Waals surface area contributed by atoms with Crippen LogP contribution in [0.4, 0.5) is 13.2 Å². The lowest BCUT2D eigenvalue weighted by Crippen LogP contribution is -2.39. The number of hydrogen-bond acceptors (Lipinski definition) is 3. The van der Waals surface area contributed by atoms with Gasteiger partial charge in [0.15, 0.2) is 5.79 Å². The summed E-state index contributed by atoms with van der Waals surface area (Å²) in [5.74, 6) is -0.955. The topological polar surface area (TPSA) is 47.6 Å². The maximum Gasteiger partial charge on any atom is 0.397 e. The van der Waals surface area contributed by atoms with Crippen molar-refractivity contribution in [2.24, 2.45) is 5.92 Å². The van der Waals surface area contributed by atoms with E-state index in [1.807, 2.05) is 0 Å². The summed E-state index contributed by atoms with van der Waals surface area (Å²) in [6.07, 6.45) is -2.63. The van der Waals surface area contributed by atoms with Crippen LogP contribution in [0.5, 0.6) is 0 Å². The minimum Gasteiger partial charge on any atom is -0.353 e. The van der Waals surface area contributed by atoms with Crippen molar-refractivity contribution < 1.29 is 27.4 Å². The first-order valence-corrected chi connectivity index (χ1v) is 6.93. The third-order valence-electron chi connectivity index (χ3n) is 3.84. The van der Waals surface area contributed by atoms with Crippen LogP contribution >= 0.6 is 0 Å². The zero-order valence-corrected chi connectivity index (χ0v) is 11.5. The van der Waals surface area contributed by atoms with Gasteiger partial charge in [-0.15, -0.1) is 0 Å². The summed E-state index contributed by atoms with van der Waals surface area (Å²) in [5, 5.41) is 2.25. The summed E-state index contributed by atoms with van der Waals surface area (Å²) in [6.45, 7) is 2.56. The molecule has 1 atom stereocenters. The van der Waals surface area contributed by atoms with Gasteiger partial charge in [-0.25, -0.2) is 0 Å². The van der Waals surface area contributed by atoms with Crippen LogP contribution in [-0.2, 0) is 14.3 Å². The summed E-state index contributed by atoms with van der Waals surface area (Å²) < 4.78 is 47.5. The van der Waals surface area contributed by atoms with E-state index in [1.165, 1.54) is 0 Å². The Hall–Kier alpha value is -0.820. The van der Waals surface area contributed by atoms with E-state index < -0.39 is 24.3 Å². The fraction of sp³-hybridized carbons (Fsp3) is 0.923. The second kappa shape index (κ2) is 5.89. The molecule has 7 heteroatoms. The largest absolute Gasteiger partial charge is 0.397 e. The molecular formula is C13H20F3NO3. The van der Waals surface area contributed by atoms with Crippen molar-refractivity contribution in [1.29, 1.82) is 0 Å². The lowest BCUT2D eigenvalue weighted by Gasteiger charge is -2.34. The van der Waals surface area contributed by atoms with E-state index in [0.29, 0.717) is 12.5 Å². The van der Waals surface area contributed by atoms with Crippen molar-refractivity contribution >= 4 is 5.91 Å². The van der Waals surface area contributed by atoms with Crippen LogP contribution in [0.15, 0.2) is 0 Å². The molecule has 1 aliphatic heterocycles. The number of carbonyl (C=O) groups excluding carboxylic acids is 1. The van der Waals surface area contributed by atoms with Crippen molar-refractivity contribution in [1.82, 2.24) is 5.32 Å². The third kappa shape index (κ3) is 4.34. The van der Waals surface area contributed by atoms with Crippen LogP contribution in [-0.4, -0.2) is 37.1 Å². The fourth-order valence-corrected chi connectivity index (χ4v) is 2.65. The molecule has 2 rings (SSSR count). The maximum atomic E-state index is 12.0. The van der Waals surface area contributed by atoms with Gasteiger partial charge in [0.25, 0.3) is 0 Å². The van der Waals surface area contributed by atoms with Crippen LogP contribution in [0.25, 0.3) is 0 Å². The smallest absolute Gasteiger partial charge is 0.353 e. The number of rotatable bonds is 3. The van der Waals surface area contributed by atoms with Gasteiger partial charge in [0, 0.05) is 19.4 Å². The average Bonchev–Trinajstić information content (AvgIpc) is 2.73. The van der Waals surface area contributed by atoms with Crippen LogP contribution in [0.3, 0.4) is 0 Å². The van der Waals surface area contributed by atoms with Crippen LogP contribution in [0.1, 0.15) is 39.0 Å². The van der Waals surface area contributed by atoms with Crippen LogP contribution < -0.4 is 5.32 Å². The lowest BCUT2D eigenvalue weighted by atomic mass is 9.86. The van der Waals surface area contributed by atoms with Crippen molar-refractivity contribution in [3.8, 4) is 0 Å². The molecular weight excluding hydrogens is 275 g/mol. The van der Waals surface area contributed by atoms with Crippen molar-refractivity contribution in [3.63, 3.8) is 0 Å². The summed E-state index contributed by atoms with van der Waals surface area (Å²) in [7, 11) is 0. The Morgan fingerprint density at radius 1 is 1.35 bits per heavy atom. The molecule has 0 aromatic carbocycles. The van der Waals surface area contributed by atoms with Crippen molar-refractivity contribution in [2.75, 3.05) is 13.2 Å². The summed E-state index contributed by atoms with van der Waals surface area (Å²) in [4.78, 5) is 11.1. The fourth-order valence-electron chi connectivity index (χ4n) is 2.65.